The average molecular weight is 558 g/mol. The first-order chi connectivity index (χ1) is 17.7. The molecule has 0 saturated carbocycles. The maximum absolute atomic E-state index is 16.0. The molecule has 4 N–H and O–H groups in total. The number of benzene rings is 1. The van der Waals surface area contributed by atoms with Crippen molar-refractivity contribution in [2.24, 2.45) is 0 Å². The number of nitrogens with zero attached hydrogens (tertiary/aromatic N) is 1. The van der Waals surface area contributed by atoms with Crippen LogP contribution in [0.3, 0.4) is 0 Å². The normalized spacial score (nSPS) is 30.3. The third kappa shape index (κ3) is 6.60. The van der Waals surface area contributed by atoms with Crippen LogP contribution in [0.2, 0.25) is 0 Å². The predicted octanol–water partition coefficient (Wildman–Crippen LogP) is 2.06. The largest absolute Gasteiger partial charge is 0.462 e. The molecule has 1 aromatic rings. The summed E-state index contributed by atoms with van der Waals surface area (Å²) in [6.45, 7) is 8.45. The summed E-state index contributed by atoms with van der Waals surface area (Å²) in [5, 5.41) is 26.4. The van der Waals surface area contributed by atoms with Crippen LogP contribution in [0, 0.1) is 0 Å². The van der Waals surface area contributed by atoms with Gasteiger partial charge < -0.3 is 34.4 Å². The van der Waals surface area contributed by atoms with E-state index in [2.05, 4.69) is 17.0 Å². The molecule has 0 aromatic heterocycles. The zero-order valence-corrected chi connectivity index (χ0v) is 22.4. The van der Waals surface area contributed by atoms with Gasteiger partial charge in [0.1, 0.15) is 35.9 Å². The summed E-state index contributed by atoms with van der Waals surface area (Å²) in [5.41, 5.74) is -2.24. The molecule has 2 aliphatic heterocycles. The minimum absolute atomic E-state index is 0.0338. The number of halogens is 1. The van der Waals surface area contributed by atoms with E-state index in [1.54, 1.807) is 25.1 Å². The molecule has 210 valence electrons. The van der Waals surface area contributed by atoms with Crippen LogP contribution in [0.5, 0.6) is 5.75 Å². The van der Waals surface area contributed by atoms with E-state index in [9.17, 15) is 24.4 Å². The van der Waals surface area contributed by atoms with Crippen LogP contribution >= 0.6 is 7.75 Å². The maximum Gasteiger partial charge on any atom is 0.459 e. The van der Waals surface area contributed by atoms with E-state index in [1.165, 1.54) is 25.3 Å². The first-order valence-corrected chi connectivity index (χ1v) is 13.5. The first-order valence-electron chi connectivity index (χ1n) is 11.9. The molecule has 2 aliphatic rings. The third-order valence-corrected chi connectivity index (χ3v) is 7.61. The SMILES string of the molecule is C=C1NC(=O)C=CN1[C@@H]1O[C@](F)(CO[P@@](=O)(NC(C)C(=O)OC(C)CC)Oc2ccccc2)[C@@H](O)[C@@]1(C)O. The Morgan fingerprint density at radius 1 is 1.37 bits per heavy atom. The van der Waals surface area contributed by atoms with Crippen molar-refractivity contribution in [3.05, 3.63) is 55.0 Å². The van der Waals surface area contributed by atoms with Gasteiger partial charge in [-0.05, 0) is 39.3 Å². The summed E-state index contributed by atoms with van der Waals surface area (Å²) in [6.07, 6.45) is -1.30. The Hall–Kier alpha value is -2.80. The van der Waals surface area contributed by atoms with E-state index in [-0.39, 0.29) is 11.6 Å². The minimum Gasteiger partial charge on any atom is -0.462 e. The summed E-state index contributed by atoms with van der Waals surface area (Å²) in [5.74, 6) is -4.28. The quantitative estimate of drug-likeness (QED) is 0.233. The minimum atomic E-state index is -4.50. The summed E-state index contributed by atoms with van der Waals surface area (Å²) in [4.78, 5) is 25.1. The van der Waals surface area contributed by atoms with Crippen molar-refractivity contribution in [1.82, 2.24) is 15.3 Å². The third-order valence-electron chi connectivity index (χ3n) is 5.99. The monoisotopic (exact) mass is 557 g/mol. The van der Waals surface area contributed by atoms with Gasteiger partial charge in [-0.1, -0.05) is 31.7 Å². The lowest BCUT2D eigenvalue weighted by Gasteiger charge is -2.36. The van der Waals surface area contributed by atoms with Crippen molar-refractivity contribution >= 4 is 19.6 Å². The molecule has 1 aromatic carbocycles. The number of carbonyl (C=O) groups excluding carboxylic acids is 2. The Bertz CT molecular complexity index is 1120. The van der Waals surface area contributed by atoms with Crippen LogP contribution in [-0.2, 0) is 28.2 Å². The molecule has 7 atom stereocenters. The number of aliphatic hydroxyl groups is 2. The lowest BCUT2D eigenvalue weighted by Crippen LogP contribution is -2.54. The molecule has 38 heavy (non-hydrogen) atoms. The van der Waals surface area contributed by atoms with Gasteiger partial charge in [-0.25, -0.2) is 8.96 Å². The van der Waals surface area contributed by atoms with Crippen LogP contribution in [-0.4, -0.2) is 69.5 Å². The number of rotatable bonds is 11. The number of carbonyl (C=O) groups is 2. The summed E-state index contributed by atoms with van der Waals surface area (Å²) >= 11 is 0. The van der Waals surface area contributed by atoms with Gasteiger partial charge in [-0.2, -0.15) is 5.09 Å². The van der Waals surface area contributed by atoms with E-state index < -0.39 is 62.2 Å². The fraction of sp³-hybridized carbons (Fsp3) is 0.500. The first kappa shape index (κ1) is 29.8. The van der Waals surface area contributed by atoms with Crippen molar-refractivity contribution in [3.63, 3.8) is 0 Å². The number of para-hydroxylation sites is 1. The van der Waals surface area contributed by atoms with Crippen LogP contribution in [0.1, 0.15) is 34.1 Å². The molecule has 1 amide bonds. The number of hydrogen-bond donors (Lipinski definition) is 4. The molecule has 2 heterocycles. The number of alkyl halides is 1. The Kier molecular flexibility index (Phi) is 9.02. The Balaban J connectivity index is 1.81. The number of ether oxygens (including phenoxy) is 2. The summed E-state index contributed by atoms with van der Waals surface area (Å²) in [7, 11) is -4.50. The number of aliphatic hydroxyl groups excluding tert-OH is 1. The number of nitrogens with one attached hydrogen (secondary N) is 2. The van der Waals surface area contributed by atoms with Crippen molar-refractivity contribution in [1.29, 1.82) is 0 Å². The fourth-order valence-corrected chi connectivity index (χ4v) is 5.16. The zero-order valence-electron chi connectivity index (χ0n) is 21.5. The highest BCUT2D eigenvalue weighted by Gasteiger charge is 2.64. The van der Waals surface area contributed by atoms with Gasteiger partial charge in [0.05, 0.1) is 6.10 Å². The standard InChI is InChI=1S/C24H33FN3O9P/c1-6-15(2)35-20(30)16(3)27-38(33,37-18-10-8-7-9-11-18)34-14-24(25)21(31)23(5,32)22(36-24)28-13-12-19(29)26-17(28)4/h7-13,15-16,21-22,31-32H,4,6,14H2,1-3,5H3,(H,26,29)(H,27,33)/t15?,16?,21-,22+,23+,24+,38-/m0/s1. The summed E-state index contributed by atoms with van der Waals surface area (Å²) < 4.78 is 51.1. The Labute approximate surface area is 220 Å². The van der Waals surface area contributed by atoms with E-state index in [0.29, 0.717) is 6.42 Å². The van der Waals surface area contributed by atoms with Gasteiger partial charge in [0, 0.05) is 12.3 Å². The lowest BCUT2D eigenvalue weighted by molar-refractivity contribution is -0.206. The molecule has 0 spiro atoms. The maximum atomic E-state index is 16.0. The Morgan fingerprint density at radius 2 is 2.03 bits per heavy atom. The van der Waals surface area contributed by atoms with Gasteiger partial charge >= 0.3 is 13.7 Å². The van der Waals surface area contributed by atoms with Crippen molar-refractivity contribution < 1.29 is 47.3 Å². The molecule has 0 aliphatic carbocycles. The van der Waals surface area contributed by atoms with Crippen molar-refractivity contribution in [2.45, 2.75) is 70.0 Å². The molecule has 0 bridgehead atoms. The van der Waals surface area contributed by atoms with E-state index in [4.69, 9.17) is 18.5 Å². The predicted molar refractivity (Wildman–Crippen MR) is 133 cm³/mol. The molecular formula is C24H33FN3O9P. The van der Waals surface area contributed by atoms with E-state index >= 15 is 4.39 Å². The molecule has 14 heteroatoms. The highest BCUT2D eigenvalue weighted by atomic mass is 31.2. The smallest absolute Gasteiger partial charge is 0.459 e. The molecule has 3 rings (SSSR count). The second-order valence-corrected chi connectivity index (χ2v) is 10.9. The fourth-order valence-electron chi connectivity index (χ4n) is 3.65. The average Bonchev–Trinajstić information content (AvgIpc) is 3.03. The molecule has 1 fully saturated rings. The molecule has 12 nitrogen and oxygen atoms in total. The lowest BCUT2D eigenvalue weighted by atomic mass is 9.95. The van der Waals surface area contributed by atoms with Crippen LogP contribution in [0.4, 0.5) is 4.39 Å². The molecular weight excluding hydrogens is 524 g/mol. The zero-order chi connectivity index (χ0) is 28.3. The van der Waals surface area contributed by atoms with Gasteiger partial charge in [0.15, 0.2) is 6.23 Å². The topological polar surface area (TPSA) is 156 Å². The second kappa shape index (κ2) is 11.5. The van der Waals surface area contributed by atoms with E-state index in [1.807, 2.05) is 6.92 Å². The van der Waals surface area contributed by atoms with Crippen molar-refractivity contribution in [2.75, 3.05) is 6.61 Å². The van der Waals surface area contributed by atoms with Gasteiger partial charge in [0.2, 0.25) is 0 Å². The number of esters is 1. The van der Waals surface area contributed by atoms with E-state index in [0.717, 1.165) is 17.9 Å². The van der Waals surface area contributed by atoms with Crippen LogP contribution < -0.4 is 14.9 Å². The Morgan fingerprint density at radius 3 is 2.63 bits per heavy atom. The van der Waals surface area contributed by atoms with Crippen LogP contribution in [0.25, 0.3) is 0 Å². The molecule has 0 radical (unpaired) electrons. The number of amides is 1. The van der Waals surface area contributed by atoms with Crippen LogP contribution in [0.15, 0.2) is 55.0 Å². The van der Waals surface area contributed by atoms with Crippen molar-refractivity contribution in [3.8, 4) is 5.75 Å². The highest BCUT2D eigenvalue weighted by molar-refractivity contribution is 7.52. The molecule has 2 unspecified atom stereocenters. The van der Waals surface area contributed by atoms with Gasteiger partial charge in [-0.15, -0.1) is 0 Å². The highest BCUT2D eigenvalue weighted by Crippen LogP contribution is 2.49. The summed E-state index contributed by atoms with van der Waals surface area (Å²) in [6, 6.07) is 6.63. The number of hydrogen-bond acceptors (Lipinski definition) is 10. The second-order valence-electron chi connectivity index (χ2n) is 9.23. The van der Waals surface area contributed by atoms with Gasteiger partial charge in [-0.3, -0.25) is 14.1 Å². The molecule has 1 saturated heterocycles. The van der Waals surface area contributed by atoms with Gasteiger partial charge in [0.25, 0.3) is 11.8 Å².